The van der Waals surface area contributed by atoms with Crippen molar-refractivity contribution in [3.63, 3.8) is 0 Å². The van der Waals surface area contributed by atoms with E-state index in [4.69, 9.17) is 4.74 Å². The van der Waals surface area contributed by atoms with Gasteiger partial charge in [0.2, 0.25) is 5.78 Å². The van der Waals surface area contributed by atoms with Gasteiger partial charge in [0, 0.05) is 24.2 Å². The number of allylic oxidation sites excluding steroid dienone is 1. The molecule has 0 radical (unpaired) electrons. The summed E-state index contributed by atoms with van der Waals surface area (Å²) in [5, 5.41) is 10.3. The van der Waals surface area contributed by atoms with E-state index in [1.165, 1.54) is 0 Å². The van der Waals surface area contributed by atoms with E-state index in [9.17, 15) is 14.7 Å². The number of ketones is 2. The van der Waals surface area contributed by atoms with Crippen LogP contribution in [-0.4, -0.2) is 47.9 Å². The summed E-state index contributed by atoms with van der Waals surface area (Å²) in [6.45, 7) is 1.97. The minimum atomic E-state index is -0.641. The predicted octanol–water partition coefficient (Wildman–Crippen LogP) is 1.01. The summed E-state index contributed by atoms with van der Waals surface area (Å²) in [4.78, 5) is 25.9. The third-order valence-electron chi connectivity index (χ3n) is 3.40. The quantitative estimate of drug-likeness (QED) is 0.762. The first-order chi connectivity index (χ1) is 9.20. The highest BCUT2D eigenvalue weighted by Crippen LogP contribution is 2.29. The summed E-state index contributed by atoms with van der Waals surface area (Å²) in [6.07, 6.45) is 0. The van der Waals surface area contributed by atoms with Gasteiger partial charge in [-0.25, -0.2) is 0 Å². The molecule has 0 bridgehead atoms. The van der Waals surface area contributed by atoms with Gasteiger partial charge in [0.15, 0.2) is 5.76 Å². The number of ether oxygens (including phenoxy) is 1. The van der Waals surface area contributed by atoms with Crippen molar-refractivity contribution in [2.45, 2.75) is 0 Å². The van der Waals surface area contributed by atoms with Crippen LogP contribution in [0.2, 0.25) is 0 Å². The van der Waals surface area contributed by atoms with Gasteiger partial charge < -0.3 is 14.7 Å². The zero-order valence-corrected chi connectivity index (χ0v) is 10.3. The van der Waals surface area contributed by atoms with E-state index in [1.54, 1.807) is 29.2 Å². The number of Topliss-reactive ketones (excluding diaryl/α,β-unsaturated/α-hetero) is 2. The van der Waals surface area contributed by atoms with Crippen LogP contribution in [0.25, 0.3) is 5.76 Å². The van der Waals surface area contributed by atoms with Gasteiger partial charge in [-0.15, -0.1) is 0 Å². The molecule has 1 aromatic rings. The Balaban J connectivity index is 2.12. The van der Waals surface area contributed by atoms with E-state index >= 15 is 0 Å². The van der Waals surface area contributed by atoms with Gasteiger partial charge in [0.05, 0.1) is 13.2 Å². The summed E-state index contributed by atoms with van der Waals surface area (Å²) in [6, 6.07) is 6.61. The van der Waals surface area contributed by atoms with Crippen molar-refractivity contribution < 1.29 is 19.4 Å². The van der Waals surface area contributed by atoms with Crippen molar-refractivity contribution >= 4 is 17.3 Å². The lowest BCUT2D eigenvalue weighted by Crippen LogP contribution is -2.41. The molecule has 2 aliphatic rings. The maximum Gasteiger partial charge on any atom is 0.253 e. The number of hydrogen-bond donors (Lipinski definition) is 1. The van der Waals surface area contributed by atoms with Gasteiger partial charge in [-0.3, -0.25) is 9.59 Å². The molecule has 5 nitrogen and oxygen atoms in total. The lowest BCUT2D eigenvalue weighted by molar-refractivity contribution is -0.114. The number of fused-ring (bicyclic) bond motifs is 1. The number of benzene rings is 1. The van der Waals surface area contributed by atoms with Gasteiger partial charge in [-0.2, -0.15) is 0 Å². The van der Waals surface area contributed by atoms with Crippen molar-refractivity contribution in [1.82, 2.24) is 4.90 Å². The third kappa shape index (κ3) is 1.82. The number of carbonyl (C=O) groups is 2. The van der Waals surface area contributed by atoms with Crippen molar-refractivity contribution in [3.8, 4) is 0 Å². The summed E-state index contributed by atoms with van der Waals surface area (Å²) in [5.74, 6) is -1.31. The Bertz CT molecular complexity index is 585. The molecule has 1 aliphatic heterocycles. The number of morpholine rings is 1. The van der Waals surface area contributed by atoms with Crippen LogP contribution in [0.4, 0.5) is 0 Å². The van der Waals surface area contributed by atoms with E-state index in [0.29, 0.717) is 31.9 Å². The minimum Gasteiger partial charge on any atom is -0.505 e. The van der Waals surface area contributed by atoms with Crippen LogP contribution in [0.3, 0.4) is 0 Å². The molecule has 0 unspecified atom stereocenters. The Labute approximate surface area is 110 Å². The predicted molar refractivity (Wildman–Crippen MR) is 67.7 cm³/mol. The van der Waals surface area contributed by atoms with E-state index in [1.807, 2.05) is 0 Å². The van der Waals surface area contributed by atoms with Gasteiger partial charge in [0.25, 0.3) is 5.78 Å². The molecule has 1 fully saturated rings. The Morgan fingerprint density at radius 2 is 1.63 bits per heavy atom. The number of nitrogens with zero attached hydrogens (tertiary/aromatic N) is 1. The summed E-state index contributed by atoms with van der Waals surface area (Å²) in [7, 11) is 0. The number of rotatable bonds is 1. The van der Waals surface area contributed by atoms with Crippen LogP contribution in [0.5, 0.6) is 0 Å². The normalized spacial score (nSPS) is 19.7. The monoisotopic (exact) mass is 259 g/mol. The summed E-state index contributed by atoms with van der Waals surface area (Å²) in [5.41, 5.74) is 0.794. The van der Waals surface area contributed by atoms with E-state index in [0.717, 1.165) is 0 Å². The van der Waals surface area contributed by atoms with Crippen LogP contribution in [0, 0.1) is 0 Å². The third-order valence-corrected chi connectivity index (χ3v) is 3.40. The number of aliphatic hydroxyl groups is 1. The molecule has 1 heterocycles. The average molecular weight is 259 g/mol. The average Bonchev–Trinajstić information content (AvgIpc) is 2.46. The van der Waals surface area contributed by atoms with Gasteiger partial charge >= 0.3 is 0 Å². The highest BCUT2D eigenvalue weighted by molar-refractivity contribution is 6.52. The largest absolute Gasteiger partial charge is 0.505 e. The number of hydrogen-bond acceptors (Lipinski definition) is 5. The molecule has 5 heteroatoms. The zero-order valence-electron chi connectivity index (χ0n) is 10.3. The molecule has 0 spiro atoms. The first kappa shape index (κ1) is 11.9. The van der Waals surface area contributed by atoms with Crippen LogP contribution in [0.15, 0.2) is 30.0 Å². The fourth-order valence-electron chi connectivity index (χ4n) is 2.43. The summed E-state index contributed by atoms with van der Waals surface area (Å²) >= 11 is 0. The lowest BCUT2D eigenvalue weighted by atomic mass is 9.91. The summed E-state index contributed by atoms with van der Waals surface area (Å²) < 4.78 is 5.22. The second-order valence-corrected chi connectivity index (χ2v) is 4.50. The molecule has 19 heavy (non-hydrogen) atoms. The van der Waals surface area contributed by atoms with E-state index < -0.39 is 11.6 Å². The second kappa shape index (κ2) is 4.51. The fourth-order valence-corrected chi connectivity index (χ4v) is 2.43. The Hall–Kier alpha value is -2.14. The van der Waals surface area contributed by atoms with Gasteiger partial charge in [-0.05, 0) is 0 Å². The second-order valence-electron chi connectivity index (χ2n) is 4.50. The smallest absolute Gasteiger partial charge is 0.253 e. The zero-order chi connectivity index (χ0) is 13.4. The van der Waals surface area contributed by atoms with Crippen LogP contribution in [0.1, 0.15) is 15.9 Å². The standard InChI is InChI=1S/C14H13NO4/c16-12-9-3-1-2-4-10(9)13(17)14(18)11(12)15-5-7-19-8-6-15/h1-4,16H,5-8H2. The topological polar surface area (TPSA) is 66.8 Å². The molecule has 1 aromatic carbocycles. The fraction of sp³-hybridized carbons (Fsp3) is 0.286. The molecular formula is C14H13NO4. The SMILES string of the molecule is O=C1C(=O)c2ccccc2C(O)=C1N1CCOCC1. The number of aliphatic hydroxyl groups excluding tert-OH is 1. The highest BCUT2D eigenvalue weighted by Gasteiger charge is 2.36. The number of carbonyl (C=O) groups excluding carboxylic acids is 2. The van der Waals surface area contributed by atoms with Crippen molar-refractivity contribution in [2.24, 2.45) is 0 Å². The van der Waals surface area contributed by atoms with Crippen LogP contribution < -0.4 is 0 Å². The molecule has 1 saturated heterocycles. The molecule has 0 amide bonds. The Morgan fingerprint density at radius 3 is 2.32 bits per heavy atom. The molecule has 0 aromatic heterocycles. The molecule has 98 valence electrons. The van der Waals surface area contributed by atoms with E-state index in [-0.39, 0.29) is 17.0 Å². The molecule has 1 aliphatic carbocycles. The molecular weight excluding hydrogens is 246 g/mol. The van der Waals surface area contributed by atoms with Gasteiger partial charge in [-0.1, -0.05) is 24.3 Å². The lowest BCUT2D eigenvalue weighted by Gasteiger charge is -2.32. The maximum absolute atomic E-state index is 12.1. The molecule has 3 rings (SSSR count). The molecule has 0 saturated carbocycles. The Morgan fingerprint density at radius 1 is 1.00 bits per heavy atom. The first-order valence-corrected chi connectivity index (χ1v) is 6.14. The van der Waals surface area contributed by atoms with Crippen molar-refractivity contribution in [2.75, 3.05) is 26.3 Å². The Kier molecular flexibility index (Phi) is 2.83. The minimum absolute atomic E-state index is 0.104. The molecule has 1 N–H and O–H groups in total. The van der Waals surface area contributed by atoms with Gasteiger partial charge in [0.1, 0.15) is 5.70 Å². The maximum atomic E-state index is 12.1. The first-order valence-electron chi connectivity index (χ1n) is 6.14. The van der Waals surface area contributed by atoms with Crippen LogP contribution in [-0.2, 0) is 9.53 Å². The molecule has 0 atom stereocenters. The van der Waals surface area contributed by atoms with Crippen molar-refractivity contribution in [1.29, 1.82) is 0 Å². The van der Waals surface area contributed by atoms with E-state index in [2.05, 4.69) is 0 Å². The van der Waals surface area contributed by atoms with Crippen LogP contribution >= 0.6 is 0 Å². The van der Waals surface area contributed by atoms with Crippen molar-refractivity contribution in [3.05, 3.63) is 41.1 Å². The highest BCUT2D eigenvalue weighted by atomic mass is 16.5.